The number of piperidine rings is 1. The van der Waals surface area contributed by atoms with E-state index in [0.29, 0.717) is 5.54 Å². The Labute approximate surface area is 83.5 Å². The Hall–Kier alpha value is -1.04. The Morgan fingerprint density at radius 1 is 1.21 bits per heavy atom. The van der Waals surface area contributed by atoms with Gasteiger partial charge < -0.3 is 18.2 Å². The largest absolute Gasteiger partial charge is 0.358 e. The maximum atomic E-state index is 2.62. The van der Waals surface area contributed by atoms with Crippen molar-refractivity contribution in [3.8, 4) is 0 Å². The van der Waals surface area contributed by atoms with Crippen molar-refractivity contribution in [3.63, 3.8) is 0 Å². The number of hydrogen-bond donors (Lipinski definition) is 0. The van der Waals surface area contributed by atoms with Crippen LogP contribution in [0.1, 0.15) is 45.4 Å². The van der Waals surface area contributed by atoms with Gasteiger partial charge in [0.25, 0.3) is 0 Å². The van der Waals surface area contributed by atoms with Gasteiger partial charge in [-0.05, 0) is 32.0 Å². The van der Waals surface area contributed by atoms with Crippen molar-refractivity contribution in [1.82, 2.24) is 4.90 Å². The molecular weight excluding hydrogens is 420 g/mol. The normalized spacial score (nSPS) is 33.9. The fraction of sp³-hybridized carbons (Fsp3) is 0.833. The molecule has 2 aliphatic rings. The fourth-order valence-electron chi connectivity index (χ4n) is 2.95. The summed E-state index contributed by atoms with van der Waals surface area (Å²) in [5.41, 5.74) is 0.600. The second-order valence-electron chi connectivity index (χ2n) is 4.74. The maximum absolute atomic E-state index is 2.62. The van der Waals surface area contributed by atoms with Gasteiger partial charge >= 0.3 is 0 Å². The van der Waals surface area contributed by atoms with Gasteiger partial charge in [-0.1, -0.05) is 12.8 Å². The van der Waals surface area contributed by atoms with Gasteiger partial charge in [-0.3, -0.25) is 0 Å². The van der Waals surface area contributed by atoms with Crippen molar-refractivity contribution in [1.29, 1.82) is 0 Å². The summed E-state index contributed by atoms with van der Waals surface area (Å²) in [5.74, 6) is 1.73. The summed E-state index contributed by atoms with van der Waals surface area (Å²) < 4.78 is 0. The first-order chi connectivity index (χ1) is 5.73. The van der Waals surface area contributed by atoms with E-state index in [9.17, 15) is 0 Å². The molecule has 1 aliphatic heterocycles. The van der Waals surface area contributed by atoms with Crippen LogP contribution < -0.4 is 0 Å². The van der Waals surface area contributed by atoms with Crippen LogP contribution in [0.5, 0.6) is 0 Å². The Balaban J connectivity index is 0.000000845. The molecule has 93 valence electrons. The van der Waals surface area contributed by atoms with E-state index in [-0.39, 0.29) is 7.43 Å². The topological polar surface area (TPSA) is 3.24 Å². The number of likely N-dealkylation sites (tertiary alicyclic amines) is 1. The van der Waals surface area contributed by atoms with Gasteiger partial charge in [0.15, 0.2) is 0 Å². The molecule has 1 saturated heterocycles. The van der Waals surface area contributed by atoms with Crippen LogP contribution in [0.4, 0.5) is 0 Å². The van der Waals surface area contributed by atoms with E-state index < -0.39 is 0 Å². The Morgan fingerprint density at radius 3 is 2.43 bits per heavy atom. The van der Waals surface area contributed by atoms with E-state index in [4.69, 9.17) is 0 Å². The standard InChI is InChI=1S/C11H20N.CH3.Lr/c1-10-5-7-11(9-10)6-3-4-8-12(11)2;;/h3-9H2,1-2H3;1H3;/q2*-1;. The van der Waals surface area contributed by atoms with E-state index in [1.54, 1.807) is 5.92 Å². The van der Waals surface area contributed by atoms with Crippen LogP contribution in [-0.2, 0) is 0 Å². The Morgan fingerprint density at radius 2 is 1.93 bits per heavy atom. The van der Waals surface area contributed by atoms with Crippen molar-refractivity contribution >= 4 is 0 Å². The molecule has 1 atom stereocenters. The first-order valence-electron chi connectivity index (χ1n) is 5.25. The number of hydrogen-bond acceptors (Lipinski definition) is 1. The first-order valence-corrected chi connectivity index (χ1v) is 5.25. The van der Waals surface area contributed by atoms with Crippen LogP contribution in [0.2, 0.25) is 0 Å². The average molecular weight is 443 g/mol. The van der Waals surface area contributed by atoms with Crippen LogP contribution in [-0.4, -0.2) is 24.0 Å². The molecule has 1 unspecified atom stereocenters. The smallest absolute Gasteiger partial charge is 0 e. The fourth-order valence-corrected chi connectivity index (χ4v) is 2.95. The monoisotopic (exact) mass is 443 g/mol. The third-order valence-electron chi connectivity index (χ3n) is 3.84. The van der Waals surface area contributed by atoms with Crippen molar-refractivity contribution in [2.24, 2.45) is 0 Å². The molecule has 1 nitrogen and oxygen atoms in total. The summed E-state index contributed by atoms with van der Waals surface area (Å²) in [6.45, 7) is 3.66. The molecule has 14 heavy (non-hydrogen) atoms. The van der Waals surface area contributed by atoms with Crippen molar-refractivity contribution < 1.29 is 0 Å². The third-order valence-corrected chi connectivity index (χ3v) is 3.84. The molecule has 0 aromatic rings. The van der Waals surface area contributed by atoms with E-state index in [0.717, 1.165) is 0 Å². The number of nitrogens with zero attached hydrogens (tertiary/aromatic N) is 1. The average Bonchev–Trinajstić information content (AvgIpc) is 2.41. The predicted molar refractivity (Wildman–Crippen MR) is 58.4 cm³/mol. The SMILES string of the molecule is C[C-]1CCC2(CCCCN2C)C1.[CH3-].[Lr]. The molecule has 0 aromatic heterocycles. The molecule has 2 rings (SSSR count). The molecule has 0 amide bonds. The zero-order chi connectivity index (χ0) is 8.60. The van der Waals surface area contributed by atoms with Crippen LogP contribution in [0.15, 0.2) is 0 Å². The number of rotatable bonds is 0. The molecule has 1 radical (unpaired) electrons. The quantitative estimate of drug-likeness (QED) is 0.521. The van der Waals surface area contributed by atoms with Gasteiger partial charge in [-0.25, -0.2) is 0 Å². The molecule has 2 heteroatoms. The van der Waals surface area contributed by atoms with Crippen LogP contribution in [0.3, 0.4) is 0 Å². The summed E-state index contributed by atoms with van der Waals surface area (Å²) in [6, 6.07) is 0. The van der Waals surface area contributed by atoms with E-state index in [1.165, 1.54) is 45.1 Å². The third kappa shape index (κ3) is 1.89. The summed E-state index contributed by atoms with van der Waals surface area (Å²) >= 11 is 0. The van der Waals surface area contributed by atoms with Gasteiger partial charge in [0.05, 0.1) is 0 Å². The van der Waals surface area contributed by atoms with Crippen molar-refractivity contribution in [2.45, 2.75) is 51.0 Å². The van der Waals surface area contributed by atoms with Crippen LogP contribution in [0, 0.1) is 13.3 Å². The van der Waals surface area contributed by atoms with Gasteiger partial charge in [-0.15, -0.1) is 0 Å². The van der Waals surface area contributed by atoms with E-state index in [2.05, 4.69) is 18.9 Å². The predicted octanol–water partition coefficient (Wildman–Crippen LogP) is 3.07. The van der Waals surface area contributed by atoms with Gasteiger partial charge in [0.2, 0.25) is 0 Å². The summed E-state index contributed by atoms with van der Waals surface area (Å²) in [6.07, 6.45) is 8.50. The molecule has 1 aliphatic carbocycles. The minimum atomic E-state index is 0. The van der Waals surface area contributed by atoms with Crippen molar-refractivity contribution in [3.05, 3.63) is 13.3 Å². The molecule has 0 bridgehead atoms. The first kappa shape index (κ1) is 13.0. The maximum Gasteiger partial charge on any atom is 0 e. The molecular formula is C12H23LrN-2. The van der Waals surface area contributed by atoms with E-state index >= 15 is 0 Å². The summed E-state index contributed by atoms with van der Waals surface area (Å²) in [5, 5.41) is 0. The Kier molecular flexibility index (Phi) is 4.12. The van der Waals surface area contributed by atoms with Crippen molar-refractivity contribution in [2.75, 3.05) is 13.6 Å². The molecule has 1 heterocycles. The van der Waals surface area contributed by atoms with Gasteiger partial charge in [0.1, 0.15) is 0 Å². The zero-order valence-corrected chi connectivity index (χ0v) is 11.8. The summed E-state index contributed by atoms with van der Waals surface area (Å²) in [7, 11) is 2.32. The second-order valence-corrected chi connectivity index (χ2v) is 4.74. The molecule has 0 N–H and O–H groups in total. The van der Waals surface area contributed by atoms with Gasteiger partial charge in [0, 0.05) is 0 Å². The van der Waals surface area contributed by atoms with Crippen LogP contribution in [0.25, 0.3) is 0 Å². The molecule has 2 fully saturated rings. The minimum Gasteiger partial charge on any atom is -0.358 e. The zero-order valence-electron chi connectivity index (χ0n) is 9.66. The minimum absolute atomic E-state index is 0. The van der Waals surface area contributed by atoms with E-state index in [1.807, 2.05) is 0 Å². The summed E-state index contributed by atoms with van der Waals surface area (Å²) in [4.78, 5) is 2.62. The van der Waals surface area contributed by atoms with Gasteiger partial charge in [-0.2, -0.15) is 19.8 Å². The molecule has 0 aromatic carbocycles. The Bertz CT molecular complexity index is 168. The molecule has 1 spiro atoms. The van der Waals surface area contributed by atoms with Crippen LogP contribution >= 0.6 is 0 Å². The second kappa shape index (κ2) is 4.45. The molecule has 1 saturated carbocycles.